The van der Waals surface area contributed by atoms with Crippen LogP contribution in [-0.4, -0.2) is 41.0 Å². The van der Waals surface area contributed by atoms with Crippen LogP contribution in [0.2, 0.25) is 0 Å². The number of hydrogen-bond acceptors (Lipinski definition) is 5. The van der Waals surface area contributed by atoms with E-state index in [2.05, 4.69) is 57.0 Å². The highest BCUT2D eigenvalue weighted by molar-refractivity contribution is 5.65. The quantitative estimate of drug-likeness (QED) is 0.925. The summed E-state index contributed by atoms with van der Waals surface area (Å²) in [6.45, 7) is 6.81. The third-order valence-corrected chi connectivity index (χ3v) is 5.51. The highest BCUT2D eigenvalue weighted by atomic mass is 15.2. The summed E-state index contributed by atoms with van der Waals surface area (Å²) < 4.78 is 0. The van der Waals surface area contributed by atoms with E-state index in [1.54, 1.807) is 0 Å². The van der Waals surface area contributed by atoms with Gasteiger partial charge in [-0.15, -0.1) is 0 Å². The average molecular weight is 337 g/mol. The fourth-order valence-electron chi connectivity index (χ4n) is 4.01. The summed E-state index contributed by atoms with van der Waals surface area (Å²) in [6, 6.07) is 11.3. The molecule has 2 fully saturated rings. The molecule has 1 unspecified atom stereocenters. The molecule has 1 aromatic heterocycles. The van der Waals surface area contributed by atoms with E-state index in [-0.39, 0.29) is 0 Å². The van der Waals surface area contributed by atoms with Gasteiger partial charge < -0.3 is 10.6 Å². The molecule has 3 heterocycles. The predicted octanol–water partition coefficient (Wildman–Crippen LogP) is 3.48. The smallest absolute Gasteiger partial charge is 0.222 e. The minimum atomic E-state index is 0.359. The first-order chi connectivity index (χ1) is 12.2. The molecule has 1 aromatic carbocycles. The Morgan fingerprint density at radius 1 is 0.960 bits per heavy atom. The molecule has 0 bridgehead atoms. The first-order valence-electron chi connectivity index (χ1n) is 9.44. The fourth-order valence-corrected chi connectivity index (χ4v) is 4.01. The van der Waals surface area contributed by atoms with E-state index in [1.165, 1.54) is 44.3 Å². The number of nitrogens with zero attached hydrogens (tertiary/aromatic N) is 4. The van der Waals surface area contributed by atoms with Gasteiger partial charge in [0.2, 0.25) is 5.95 Å². The number of rotatable bonds is 4. The van der Waals surface area contributed by atoms with Crippen LogP contribution in [0.5, 0.6) is 0 Å². The van der Waals surface area contributed by atoms with Crippen LogP contribution < -0.4 is 10.6 Å². The summed E-state index contributed by atoms with van der Waals surface area (Å²) in [5.74, 6) is 1.32. The number of nitrogens with two attached hydrogens (primary N) is 1. The first-order valence-corrected chi connectivity index (χ1v) is 9.44. The van der Waals surface area contributed by atoms with Gasteiger partial charge in [-0.3, -0.25) is 4.90 Å². The van der Waals surface area contributed by atoms with Gasteiger partial charge in [-0.1, -0.05) is 18.2 Å². The molecular formula is C20H27N5. The normalized spacial score (nSPS) is 19.5. The molecule has 1 atom stereocenters. The number of nitrogen functional groups attached to an aromatic ring is 1. The molecule has 2 aliphatic rings. The lowest BCUT2D eigenvalue weighted by atomic mass is 10.0. The van der Waals surface area contributed by atoms with Crippen LogP contribution in [0.4, 0.5) is 11.8 Å². The molecule has 5 heteroatoms. The Morgan fingerprint density at radius 2 is 1.68 bits per heavy atom. The van der Waals surface area contributed by atoms with Crippen molar-refractivity contribution in [1.82, 2.24) is 14.9 Å². The van der Waals surface area contributed by atoms with Crippen LogP contribution in [-0.2, 0) is 0 Å². The van der Waals surface area contributed by atoms with Gasteiger partial charge in [0.05, 0.1) is 5.69 Å². The molecule has 0 saturated carbocycles. The van der Waals surface area contributed by atoms with Crippen LogP contribution in [0, 0.1) is 0 Å². The van der Waals surface area contributed by atoms with Gasteiger partial charge in [-0.2, -0.15) is 4.98 Å². The third-order valence-electron chi connectivity index (χ3n) is 5.51. The molecule has 0 spiro atoms. The zero-order valence-electron chi connectivity index (χ0n) is 15.0. The summed E-state index contributed by atoms with van der Waals surface area (Å²) in [5.41, 5.74) is 9.40. The molecule has 5 nitrogen and oxygen atoms in total. The Morgan fingerprint density at radius 3 is 2.44 bits per heavy atom. The second-order valence-electron chi connectivity index (χ2n) is 7.21. The van der Waals surface area contributed by atoms with Crippen molar-refractivity contribution in [2.24, 2.45) is 0 Å². The molecule has 0 amide bonds. The van der Waals surface area contributed by atoms with Crippen LogP contribution >= 0.6 is 0 Å². The summed E-state index contributed by atoms with van der Waals surface area (Å²) in [7, 11) is 0. The number of aromatic nitrogens is 2. The lowest BCUT2D eigenvalue weighted by molar-refractivity contribution is 0.263. The second kappa shape index (κ2) is 7.00. The molecule has 25 heavy (non-hydrogen) atoms. The highest BCUT2D eigenvalue weighted by Crippen LogP contribution is 2.29. The molecular weight excluding hydrogens is 310 g/mol. The van der Waals surface area contributed by atoms with E-state index in [0.29, 0.717) is 12.0 Å². The summed E-state index contributed by atoms with van der Waals surface area (Å²) in [4.78, 5) is 13.8. The Kier molecular flexibility index (Phi) is 4.57. The van der Waals surface area contributed by atoms with Crippen LogP contribution in [0.15, 0.2) is 30.3 Å². The number of hydrogen-bond donors (Lipinski definition) is 1. The first kappa shape index (κ1) is 16.3. The number of anilines is 2. The van der Waals surface area contributed by atoms with E-state index < -0.39 is 0 Å². The van der Waals surface area contributed by atoms with Crippen molar-refractivity contribution >= 4 is 11.8 Å². The predicted molar refractivity (Wildman–Crippen MR) is 103 cm³/mol. The van der Waals surface area contributed by atoms with Crippen LogP contribution in [0.3, 0.4) is 0 Å². The Hall–Kier alpha value is -2.14. The Labute approximate surface area is 149 Å². The highest BCUT2D eigenvalue weighted by Gasteiger charge is 2.20. The molecule has 2 N–H and O–H groups in total. The summed E-state index contributed by atoms with van der Waals surface area (Å²) in [6.07, 6.45) is 5.07. The van der Waals surface area contributed by atoms with Crippen molar-refractivity contribution in [2.45, 2.75) is 38.6 Å². The lowest BCUT2D eigenvalue weighted by Gasteiger charge is -2.24. The van der Waals surface area contributed by atoms with Crippen molar-refractivity contribution in [3.63, 3.8) is 0 Å². The number of likely N-dealkylation sites (tertiary alicyclic amines) is 1. The van der Waals surface area contributed by atoms with Crippen molar-refractivity contribution in [3.05, 3.63) is 35.9 Å². The lowest BCUT2D eigenvalue weighted by Crippen LogP contribution is -2.23. The van der Waals surface area contributed by atoms with Gasteiger partial charge in [-0.05, 0) is 57.3 Å². The van der Waals surface area contributed by atoms with Gasteiger partial charge in [-0.25, -0.2) is 4.98 Å². The van der Waals surface area contributed by atoms with E-state index in [4.69, 9.17) is 5.73 Å². The Balaban J connectivity index is 1.64. The molecule has 2 aromatic rings. The summed E-state index contributed by atoms with van der Waals surface area (Å²) in [5, 5.41) is 0. The van der Waals surface area contributed by atoms with E-state index in [1.807, 2.05) is 0 Å². The molecule has 132 valence electrons. The molecule has 2 aliphatic heterocycles. The maximum atomic E-state index is 6.00. The van der Waals surface area contributed by atoms with Gasteiger partial charge in [0, 0.05) is 30.8 Å². The minimum absolute atomic E-state index is 0.359. The average Bonchev–Trinajstić information content (AvgIpc) is 3.34. The van der Waals surface area contributed by atoms with E-state index in [9.17, 15) is 0 Å². The fraction of sp³-hybridized carbons (Fsp3) is 0.500. The topological polar surface area (TPSA) is 58.3 Å². The monoisotopic (exact) mass is 337 g/mol. The van der Waals surface area contributed by atoms with Crippen molar-refractivity contribution in [3.8, 4) is 11.3 Å². The second-order valence-corrected chi connectivity index (χ2v) is 7.21. The van der Waals surface area contributed by atoms with Gasteiger partial charge >= 0.3 is 0 Å². The van der Waals surface area contributed by atoms with Crippen molar-refractivity contribution in [2.75, 3.05) is 36.8 Å². The van der Waals surface area contributed by atoms with E-state index >= 15 is 0 Å². The standard InChI is InChI=1S/C20H27N5/c1-15(24-9-2-3-10-24)16-7-6-8-17(13-16)18-14-19(23-20(21)22-18)25-11-4-5-12-25/h6-8,13-15H,2-5,9-12H2,1H3,(H2,21,22,23). The molecule has 2 saturated heterocycles. The van der Waals surface area contributed by atoms with Gasteiger partial charge in [0.1, 0.15) is 5.82 Å². The maximum Gasteiger partial charge on any atom is 0.222 e. The molecule has 4 rings (SSSR count). The van der Waals surface area contributed by atoms with E-state index in [0.717, 1.165) is 30.2 Å². The zero-order valence-corrected chi connectivity index (χ0v) is 15.0. The molecule has 0 aliphatic carbocycles. The maximum absolute atomic E-state index is 6.00. The largest absolute Gasteiger partial charge is 0.368 e. The van der Waals surface area contributed by atoms with Gasteiger partial charge in [0.25, 0.3) is 0 Å². The van der Waals surface area contributed by atoms with Gasteiger partial charge in [0.15, 0.2) is 0 Å². The SMILES string of the molecule is CC(c1cccc(-c2cc(N3CCCC3)nc(N)n2)c1)N1CCCC1. The number of benzene rings is 1. The minimum Gasteiger partial charge on any atom is -0.368 e. The Bertz CT molecular complexity index is 733. The van der Waals surface area contributed by atoms with Crippen molar-refractivity contribution < 1.29 is 0 Å². The molecule has 0 radical (unpaired) electrons. The van der Waals surface area contributed by atoms with Crippen LogP contribution in [0.25, 0.3) is 11.3 Å². The zero-order chi connectivity index (χ0) is 17.2. The third kappa shape index (κ3) is 3.47. The van der Waals surface area contributed by atoms with Crippen LogP contribution in [0.1, 0.15) is 44.2 Å². The summed E-state index contributed by atoms with van der Waals surface area (Å²) >= 11 is 0. The van der Waals surface area contributed by atoms with Crippen molar-refractivity contribution in [1.29, 1.82) is 0 Å².